The fourth-order valence-corrected chi connectivity index (χ4v) is 2.86. The second-order valence-electron chi connectivity index (χ2n) is 4.60. The molecule has 0 radical (unpaired) electrons. The number of ketones is 1. The molecule has 2 aromatic carbocycles. The molecule has 0 amide bonds. The van der Waals surface area contributed by atoms with E-state index in [9.17, 15) is 4.79 Å². The summed E-state index contributed by atoms with van der Waals surface area (Å²) in [5.41, 5.74) is 1.83. The van der Waals surface area contributed by atoms with E-state index < -0.39 is 0 Å². The number of Topliss-reactive ketones (excluding diaryl/α,β-unsaturated/α-hetero) is 1. The molecule has 3 nitrogen and oxygen atoms in total. The first kappa shape index (κ1) is 15.4. The molecule has 0 aliphatic carbocycles. The summed E-state index contributed by atoms with van der Waals surface area (Å²) in [5.74, 6) is 1.67. The van der Waals surface area contributed by atoms with Gasteiger partial charge in [-0.1, -0.05) is 17.7 Å². The topological polar surface area (TPSA) is 35.5 Å². The molecule has 2 rings (SSSR count). The summed E-state index contributed by atoms with van der Waals surface area (Å²) in [6, 6.07) is 13.4. The van der Waals surface area contributed by atoms with Crippen LogP contribution >= 0.6 is 11.8 Å². The van der Waals surface area contributed by atoms with Crippen LogP contribution in [0, 0.1) is 6.92 Å². The number of aryl methyl sites for hydroxylation is 1. The van der Waals surface area contributed by atoms with E-state index in [0.717, 1.165) is 4.90 Å². The molecular formula is C17H18O3S. The smallest absolute Gasteiger partial charge is 0.173 e. The van der Waals surface area contributed by atoms with Crippen LogP contribution in [0.4, 0.5) is 0 Å². The van der Waals surface area contributed by atoms with Crippen LogP contribution in [0.2, 0.25) is 0 Å². The fraction of sp³-hybridized carbons (Fsp3) is 0.235. The van der Waals surface area contributed by atoms with Gasteiger partial charge in [0.1, 0.15) is 0 Å². The Bertz CT molecular complexity index is 638. The molecular weight excluding hydrogens is 284 g/mol. The summed E-state index contributed by atoms with van der Waals surface area (Å²) in [7, 11) is 3.14. The van der Waals surface area contributed by atoms with E-state index >= 15 is 0 Å². The van der Waals surface area contributed by atoms with Gasteiger partial charge in [-0.3, -0.25) is 4.79 Å². The molecule has 0 fully saturated rings. The minimum atomic E-state index is 0.0717. The molecule has 0 spiro atoms. The molecule has 0 heterocycles. The summed E-state index contributed by atoms with van der Waals surface area (Å²) in [5, 5.41) is 0. The first-order valence-electron chi connectivity index (χ1n) is 6.58. The molecule has 0 saturated carbocycles. The lowest BCUT2D eigenvalue weighted by molar-refractivity contribution is 0.102. The van der Waals surface area contributed by atoms with Crippen molar-refractivity contribution in [2.45, 2.75) is 11.8 Å². The average molecular weight is 302 g/mol. The molecule has 2 aromatic rings. The number of ether oxygens (including phenoxy) is 2. The Hall–Kier alpha value is -1.94. The molecule has 0 aliphatic heterocycles. The minimum Gasteiger partial charge on any atom is -0.493 e. The molecule has 0 saturated heterocycles. The van der Waals surface area contributed by atoms with Crippen molar-refractivity contribution >= 4 is 17.5 Å². The van der Waals surface area contributed by atoms with Crippen LogP contribution < -0.4 is 9.47 Å². The van der Waals surface area contributed by atoms with E-state index in [4.69, 9.17) is 9.47 Å². The summed E-state index contributed by atoms with van der Waals surface area (Å²) < 4.78 is 10.4. The largest absolute Gasteiger partial charge is 0.493 e. The van der Waals surface area contributed by atoms with Gasteiger partial charge in [0.25, 0.3) is 0 Å². The SMILES string of the molecule is COc1ccc(C(=O)CSc2cccc(C)c2)cc1OC. The highest BCUT2D eigenvalue weighted by molar-refractivity contribution is 8.00. The second kappa shape index (κ2) is 7.18. The average Bonchev–Trinajstić information content (AvgIpc) is 2.52. The first-order valence-corrected chi connectivity index (χ1v) is 7.57. The predicted octanol–water partition coefficient (Wildman–Crippen LogP) is 3.99. The Morgan fingerprint density at radius 2 is 1.81 bits per heavy atom. The number of methoxy groups -OCH3 is 2. The van der Waals surface area contributed by atoms with Gasteiger partial charge in [-0.05, 0) is 37.3 Å². The molecule has 0 aromatic heterocycles. The van der Waals surface area contributed by atoms with Crippen LogP contribution in [-0.2, 0) is 0 Å². The molecule has 4 heteroatoms. The van der Waals surface area contributed by atoms with Crippen molar-refractivity contribution in [2.24, 2.45) is 0 Å². The lowest BCUT2D eigenvalue weighted by Crippen LogP contribution is -2.03. The lowest BCUT2D eigenvalue weighted by Gasteiger charge is -2.09. The zero-order chi connectivity index (χ0) is 15.2. The number of carbonyl (C=O) groups is 1. The van der Waals surface area contributed by atoms with E-state index in [2.05, 4.69) is 6.07 Å². The van der Waals surface area contributed by atoms with E-state index in [-0.39, 0.29) is 5.78 Å². The number of carbonyl (C=O) groups excluding carboxylic acids is 1. The minimum absolute atomic E-state index is 0.0717. The van der Waals surface area contributed by atoms with Gasteiger partial charge in [-0.15, -0.1) is 11.8 Å². The highest BCUT2D eigenvalue weighted by Gasteiger charge is 2.11. The van der Waals surface area contributed by atoms with Gasteiger partial charge in [-0.25, -0.2) is 0 Å². The quantitative estimate of drug-likeness (QED) is 0.597. The number of hydrogen-bond acceptors (Lipinski definition) is 4. The number of hydrogen-bond donors (Lipinski definition) is 0. The van der Waals surface area contributed by atoms with E-state index in [1.165, 1.54) is 17.3 Å². The molecule has 0 unspecified atom stereocenters. The third kappa shape index (κ3) is 4.02. The van der Waals surface area contributed by atoms with Crippen LogP contribution in [0.25, 0.3) is 0 Å². The van der Waals surface area contributed by atoms with Gasteiger partial charge < -0.3 is 9.47 Å². The van der Waals surface area contributed by atoms with Gasteiger partial charge in [0.2, 0.25) is 0 Å². The maximum atomic E-state index is 12.3. The van der Waals surface area contributed by atoms with Gasteiger partial charge in [0, 0.05) is 10.5 Å². The van der Waals surface area contributed by atoms with Crippen molar-refractivity contribution < 1.29 is 14.3 Å². The van der Waals surface area contributed by atoms with Crippen LogP contribution in [-0.4, -0.2) is 25.8 Å². The maximum absolute atomic E-state index is 12.3. The molecule has 110 valence electrons. The third-order valence-corrected chi connectivity index (χ3v) is 4.06. The first-order chi connectivity index (χ1) is 10.1. The van der Waals surface area contributed by atoms with Gasteiger partial charge in [0.15, 0.2) is 17.3 Å². The maximum Gasteiger partial charge on any atom is 0.173 e. The Labute approximate surface area is 129 Å². The van der Waals surface area contributed by atoms with Crippen LogP contribution in [0.15, 0.2) is 47.4 Å². The van der Waals surface area contributed by atoms with E-state index in [1.54, 1.807) is 32.4 Å². The third-order valence-electron chi connectivity index (χ3n) is 3.06. The molecule has 0 aliphatic rings. The summed E-state index contributed by atoms with van der Waals surface area (Å²) in [6.07, 6.45) is 0. The van der Waals surface area contributed by atoms with Crippen molar-refractivity contribution in [2.75, 3.05) is 20.0 Å². The van der Waals surface area contributed by atoms with E-state index in [0.29, 0.717) is 22.8 Å². The van der Waals surface area contributed by atoms with Gasteiger partial charge >= 0.3 is 0 Å². The normalized spacial score (nSPS) is 10.2. The summed E-state index contributed by atoms with van der Waals surface area (Å²) in [6.45, 7) is 2.04. The molecule has 0 bridgehead atoms. The van der Waals surface area contributed by atoms with Crippen LogP contribution in [0.5, 0.6) is 11.5 Å². The molecule has 21 heavy (non-hydrogen) atoms. The second-order valence-corrected chi connectivity index (χ2v) is 5.65. The summed E-state index contributed by atoms with van der Waals surface area (Å²) >= 11 is 1.54. The van der Waals surface area contributed by atoms with Crippen molar-refractivity contribution in [3.63, 3.8) is 0 Å². The molecule has 0 atom stereocenters. The number of rotatable bonds is 6. The van der Waals surface area contributed by atoms with Crippen molar-refractivity contribution in [3.05, 3.63) is 53.6 Å². The summed E-state index contributed by atoms with van der Waals surface area (Å²) in [4.78, 5) is 13.4. The van der Waals surface area contributed by atoms with Crippen molar-refractivity contribution in [1.82, 2.24) is 0 Å². The Morgan fingerprint density at radius 1 is 1.05 bits per heavy atom. The van der Waals surface area contributed by atoms with Crippen LogP contribution in [0.1, 0.15) is 15.9 Å². The fourth-order valence-electron chi connectivity index (χ4n) is 1.95. The number of benzene rings is 2. The Balaban J connectivity index is 2.06. The Morgan fingerprint density at radius 3 is 2.48 bits per heavy atom. The van der Waals surface area contributed by atoms with Crippen molar-refractivity contribution in [3.8, 4) is 11.5 Å². The zero-order valence-electron chi connectivity index (χ0n) is 12.4. The highest BCUT2D eigenvalue weighted by atomic mass is 32.2. The standard InChI is InChI=1S/C17H18O3S/c1-12-5-4-6-14(9-12)21-11-15(18)13-7-8-16(19-2)17(10-13)20-3/h4-10H,11H2,1-3H3. The monoisotopic (exact) mass is 302 g/mol. The Kier molecular flexibility index (Phi) is 5.28. The van der Waals surface area contributed by atoms with Crippen molar-refractivity contribution in [1.29, 1.82) is 0 Å². The molecule has 0 N–H and O–H groups in total. The van der Waals surface area contributed by atoms with Gasteiger partial charge in [0.05, 0.1) is 20.0 Å². The van der Waals surface area contributed by atoms with Crippen LogP contribution in [0.3, 0.4) is 0 Å². The van der Waals surface area contributed by atoms with E-state index in [1.807, 2.05) is 25.1 Å². The lowest BCUT2D eigenvalue weighted by atomic mass is 10.1. The highest BCUT2D eigenvalue weighted by Crippen LogP contribution is 2.28. The number of thioether (sulfide) groups is 1. The zero-order valence-corrected chi connectivity index (χ0v) is 13.2. The van der Waals surface area contributed by atoms with Gasteiger partial charge in [-0.2, -0.15) is 0 Å². The predicted molar refractivity (Wildman–Crippen MR) is 85.8 cm³/mol.